The lowest BCUT2D eigenvalue weighted by Gasteiger charge is -2.35. The summed E-state index contributed by atoms with van der Waals surface area (Å²) in [6.07, 6.45) is -1.71. The van der Waals surface area contributed by atoms with Crippen molar-refractivity contribution in [1.29, 1.82) is 0 Å². The molecule has 14 nitrogen and oxygen atoms in total. The van der Waals surface area contributed by atoms with Gasteiger partial charge in [0.2, 0.25) is 0 Å². The van der Waals surface area contributed by atoms with Crippen LogP contribution in [0.5, 0.6) is 0 Å². The van der Waals surface area contributed by atoms with Crippen molar-refractivity contribution in [3.63, 3.8) is 0 Å². The van der Waals surface area contributed by atoms with Gasteiger partial charge in [-0.3, -0.25) is 18.9 Å². The monoisotopic (exact) mass is 623 g/mol. The maximum Gasteiger partial charge on any atom is 0.332 e. The van der Waals surface area contributed by atoms with E-state index in [-0.39, 0.29) is 6.61 Å². The van der Waals surface area contributed by atoms with Crippen LogP contribution in [0.4, 0.5) is 4.79 Å². The summed E-state index contributed by atoms with van der Waals surface area (Å²) in [4.78, 5) is 39.1. The van der Waals surface area contributed by atoms with Gasteiger partial charge in [-0.2, -0.15) is 0 Å². The van der Waals surface area contributed by atoms with E-state index in [0.29, 0.717) is 12.1 Å². The second kappa shape index (κ2) is 11.2. The summed E-state index contributed by atoms with van der Waals surface area (Å²) in [6.45, 7) is 0.425. The molecular weight excluding hydrogens is 600 g/mol. The van der Waals surface area contributed by atoms with E-state index in [0.717, 1.165) is 14.9 Å². The number of amides is 2. The van der Waals surface area contributed by atoms with Gasteiger partial charge in [0.25, 0.3) is 15.6 Å². The highest BCUT2D eigenvalue weighted by atomic mass is 79.9. The second-order valence-electron chi connectivity index (χ2n) is 8.23. The van der Waals surface area contributed by atoms with Gasteiger partial charge in [-0.1, -0.05) is 35.0 Å². The first kappa shape index (κ1) is 28.4. The Labute approximate surface area is 220 Å². The number of hydrogen-bond donors (Lipinski definition) is 3. The summed E-state index contributed by atoms with van der Waals surface area (Å²) < 4.78 is 42.7. The molecular formula is C20H24BrN3O11P2-2. The van der Waals surface area contributed by atoms with Crippen molar-refractivity contribution in [3.8, 4) is 0 Å². The lowest BCUT2D eigenvalue weighted by Crippen LogP contribution is -2.54. The first-order chi connectivity index (χ1) is 17.4. The number of carbonyl (C=O) groups is 1. The molecule has 4 rings (SSSR count). The predicted molar refractivity (Wildman–Crippen MR) is 126 cm³/mol. The Morgan fingerprint density at radius 3 is 2.46 bits per heavy atom. The van der Waals surface area contributed by atoms with E-state index in [9.17, 15) is 33.9 Å². The third-order valence-electron chi connectivity index (χ3n) is 5.56. The van der Waals surface area contributed by atoms with Gasteiger partial charge in [-0.15, -0.1) is 0 Å². The summed E-state index contributed by atoms with van der Waals surface area (Å²) in [5.74, 6) is 0. The van der Waals surface area contributed by atoms with E-state index < -0.39 is 59.0 Å². The summed E-state index contributed by atoms with van der Waals surface area (Å²) in [6, 6.07) is 6.84. The van der Waals surface area contributed by atoms with Crippen LogP contribution in [0.15, 0.2) is 47.2 Å². The number of aliphatic hydroxyl groups is 2. The number of halogens is 1. The van der Waals surface area contributed by atoms with Crippen LogP contribution in [0.25, 0.3) is 5.70 Å². The number of nitrogens with one attached hydrogen (secondary N) is 1. The summed E-state index contributed by atoms with van der Waals surface area (Å²) in [7, 11) is -10.6. The molecule has 3 heterocycles. The second-order valence-corrected chi connectivity index (χ2v) is 12.1. The molecule has 2 amide bonds. The Morgan fingerprint density at radius 2 is 1.78 bits per heavy atom. The van der Waals surface area contributed by atoms with Crippen LogP contribution < -0.4 is 15.1 Å². The fourth-order valence-corrected chi connectivity index (χ4v) is 6.14. The molecule has 0 aliphatic carbocycles. The largest absolute Gasteiger partial charge is 0.756 e. The van der Waals surface area contributed by atoms with Gasteiger partial charge >= 0.3 is 6.03 Å². The summed E-state index contributed by atoms with van der Waals surface area (Å²) in [5.41, 5.74) is 1.52. The Bertz CT molecular complexity index is 1170. The number of aliphatic hydroxyl groups excluding tert-OH is 2. The molecule has 0 saturated carbocycles. The Morgan fingerprint density at radius 1 is 1.11 bits per heavy atom. The number of fused-ring (bicyclic) bond motifs is 1. The highest BCUT2D eigenvalue weighted by Gasteiger charge is 2.49. The molecule has 7 atom stereocenters. The number of benzene rings is 1. The van der Waals surface area contributed by atoms with E-state index in [2.05, 4.69) is 34.6 Å². The fraction of sp³-hybridized carbons (Fsp3) is 0.450. The highest BCUT2D eigenvalue weighted by molar-refractivity contribution is 9.10. The Balaban J connectivity index is 1.39. The van der Waals surface area contributed by atoms with Crippen molar-refractivity contribution in [1.82, 2.24) is 15.1 Å². The van der Waals surface area contributed by atoms with E-state index in [1.807, 2.05) is 24.3 Å². The number of phosphoric acid groups is 2. The highest BCUT2D eigenvalue weighted by Crippen LogP contribution is 2.55. The van der Waals surface area contributed by atoms with Crippen molar-refractivity contribution in [3.05, 3.63) is 52.8 Å². The normalized spacial score (nSPS) is 30.5. The van der Waals surface area contributed by atoms with Crippen LogP contribution in [-0.4, -0.2) is 70.0 Å². The molecule has 204 valence electrons. The summed E-state index contributed by atoms with van der Waals surface area (Å²) >= 11 is 3.37. The maximum absolute atomic E-state index is 13.2. The van der Waals surface area contributed by atoms with Gasteiger partial charge in [-0.05, 0) is 30.2 Å². The molecule has 4 unspecified atom stereocenters. The Hall–Kier alpha value is -1.61. The molecule has 0 aromatic heterocycles. The van der Waals surface area contributed by atoms with Crippen LogP contribution in [0.3, 0.4) is 0 Å². The number of hydrogen-bond acceptors (Lipinski definition) is 12. The zero-order chi connectivity index (χ0) is 27.0. The molecule has 37 heavy (non-hydrogen) atoms. The third kappa shape index (κ3) is 6.52. The smallest absolute Gasteiger partial charge is 0.332 e. The molecule has 1 aromatic rings. The van der Waals surface area contributed by atoms with Crippen molar-refractivity contribution in [2.24, 2.45) is 0 Å². The number of nitrogens with zero attached hydrogens (tertiary/aromatic N) is 2. The topological polar surface area (TPSA) is 193 Å². The van der Waals surface area contributed by atoms with Crippen molar-refractivity contribution < 1.29 is 52.0 Å². The van der Waals surface area contributed by atoms with Gasteiger partial charge in [-0.25, -0.2) is 9.11 Å². The molecule has 1 fully saturated rings. The van der Waals surface area contributed by atoms with Gasteiger partial charge < -0.3 is 39.1 Å². The third-order valence-corrected chi connectivity index (χ3v) is 8.65. The first-order valence-corrected chi connectivity index (χ1v) is 14.8. The molecule has 0 spiro atoms. The van der Waals surface area contributed by atoms with Crippen LogP contribution in [0, 0.1) is 0 Å². The minimum absolute atomic E-state index is 0.288. The summed E-state index contributed by atoms with van der Waals surface area (Å²) in [5, 5.41) is 24.1. The number of urea groups is 1. The van der Waals surface area contributed by atoms with Gasteiger partial charge in [0.1, 0.15) is 24.5 Å². The van der Waals surface area contributed by atoms with E-state index in [1.54, 1.807) is 19.2 Å². The maximum atomic E-state index is 13.2. The zero-order valence-corrected chi connectivity index (χ0v) is 22.7. The number of carbonyl (C=O) groups excluding carboxylic acids is 1. The Kier molecular flexibility index (Phi) is 8.63. The number of rotatable bonds is 10. The molecule has 0 radical (unpaired) electrons. The molecule has 3 aliphatic rings. The first-order valence-electron chi connectivity index (χ1n) is 11.1. The van der Waals surface area contributed by atoms with E-state index in [1.165, 1.54) is 11.1 Å². The number of ether oxygens (including phenoxy) is 1. The quantitative estimate of drug-likeness (QED) is 0.310. The standard InChI is InChI=1S/C20H26BrN3O11P2/c1-2-9-32-36(28,29)35-37(30,31)33-11-15-17(25)18(26)19(34-15)23-8-7-16-22-14(10-24(16)20(23)27)12-3-5-13(21)6-4-12/h3-8,10,15-19,22,25-26H,2,9,11H2,1H3,(H,28,29)(H,30,31)/p-2/t15-,16?,17?,18+,19-/m1/s1. The van der Waals surface area contributed by atoms with Crippen LogP contribution in [0.2, 0.25) is 0 Å². The van der Waals surface area contributed by atoms with Gasteiger partial charge in [0.05, 0.1) is 18.9 Å². The van der Waals surface area contributed by atoms with E-state index in [4.69, 9.17) is 4.74 Å². The fourth-order valence-electron chi connectivity index (χ4n) is 3.79. The van der Waals surface area contributed by atoms with Gasteiger partial charge in [0, 0.05) is 16.9 Å². The lowest BCUT2D eigenvalue weighted by atomic mass is 10.1. The molecule has 3 aliphatic heterocycles. The molecule has 17 heteroatoms. The van der Waals surface area contributed by atoms with Crippen molar-refractivity contribution in [2.45, 2.75) is 44.1 Å². The van der Waals surface area contributed by atoms with Crippen LogP contribution in [-0.2, 0) is 27.2 Å². The molecule has 3 N–H and O–H groups in total. The van der Waals surface area contributed by atoms with Gasteiger partial charge in [0.15, 0.2) is 6.23 Å². The zero-order valence-electron chi connectivity index (χ0n) is 19.3. The SMILES string of the molecule is CCCOP(=O)([O-])OP(=O)([O-])OC[C@H]1O[C@@H](N2C=CC3NC(c4ccc(Br)cc4)=CN3C2=O)[C@@H](O)C1O. The average Bonchev–Trinajstić information content (AvgIpc) is 3.39. The molecule has 0 bridgehead atoms. The molecule has 1 aromatic carbocycles. The minimum Gasteiger partial charge on any atom is -0.756 e. The predicted octanol–water partition coefficient (Wildman–Crippen LogP) is 0.771. The van der Waals surface area contributed by atoms with Crippen LogP contribution >= 0.6 is 31.6 Å². The average molecular weight is 624 g/mol. The van der Waals surface area contributed by atoms with E-state index >= 15 is 0 Å². The molecule has 1 saturated heterocycles. The van der Waals surface area contributed by atoms with Crippen molar-refractivity contribution >= 4 is 43.3 Å². The van der Waals surface area contributed by atoms with Crippen LogP contribution in [0.1, 0.15) is 18.9 Å². The number of phosphoric ester groups is 2. The van der Waals surface area contributed by atoms with Crippen molar-refractivity contribution in [2.75, 3.05) is 13.2 Å². The minimum atomic E-state index is -5.42. The lowest BCUT2D eigenvalue weighted by molar-refractivity contribution is -0.245.